The van der Waals surface area contributed by atoms with Crippen molar-refractivity contribution in [2.75, 3.05) is 5.32 Å². The molecule has 1 amide bonds. The van der Waals surface area contributed by atoms with E-state index in [0.29, 0.717) is 9.39 Å². The number of fused-ring (bicyclic) bond motifs is 1. The van der Waals surface area contributed by atoms with Crippen molar-refractivity contribution in [3.63, 3.8) is 0 Å². The van der Waals surface area contributed by atoms with E-state index < -0.39 is 34.3 Å². The third-order valence-electron chi connectivity index (χ3n) is 5.14. The summed E-state index contributed by atoms with van der Waals surface area (Å²) in [5, 5.41) is 11.7. The fraction of sp³-hybridized carbons (Fsp3) is 0.0909. The minimum Gasteiger partial charge on any atom is -0.302 e. The Morgan fingerprint density at radius 1 is 1.08 bits per heavy atom. The Morgan fingerprint density at radius 3 is 2.54 bits per heavy atom. The normalized spacial score (nSPS) is 11.9. The lowest BCUT2D eigenvalue weighted by molar-refractivity contribution is -0.142. The van der Waals surface area contributed by atoms with E-state index in [4.69, 9.17) is 34.8 Å². The van der Waals surface area contributed by atoms with Gasteiger partial charge in [0.1, 0.15) is 15.9 Å². The number of carbonyl (C=O) groups excluding carboxylic acids is 1. The summed E-state index contributed by atoms with van der Waals surface area (Å²) in [6.07, 6.45) is -3.49. The molecular weight excluding hydrogens is 579 g/mol. The molecule has 0 radical (unpaired) electrons. The molecule has 0 aliphatic carbocycles. The van der Waals surface area contributed by atoms with Gasteiger partial charge in [-0.05, 0) is 29.6 Å². The molecule has 1 N–H and O–H groups in total. The molecule has 190 valence electrons. The highest BCUT2D eigenvalue weighted by Gasteiger charge is 2.37. The van der Waals surface area contributed by atoms with Crippen molar-refractivity contribution in [3.05, 3.63) is 85.8 Å². The molecule has 37 heavy (non-hydrogen) atoms. The zero-order valence-electron chi connectivity index (χ0n) is 18.0. The molecule has 0 atom stereocenters. The van der Waals surface area contributed by atoms with Crippen LogP contribution in [0.25, 0.3) is 16.2 Å². The number of nitrogens with zero attached hydrogens (tertiary/aromatic N) is 5. The zero-order valence-corrected chi connectivity index (χ0v) is 21.1. The van der Waals surface area contributed by atoms with Gasteiger partial charge in [-0.3, -0.25) is 9.48 Å². The number of anilines is 1. The Hall–Kier alpha value is -3.19. The molecule has 0 saturated carbocycles. The second-order valence-corrected chi connectivity index (χ2v) is 9.72. The molecule has 0 spiro atoms. The predicted octanol–water partition coefficient (Wildman–Crippen LogP) is 7.07. The molecule has 0 unspecified atom stereocenters. The number of amides is 1. The van der Waals surface area contributed by atoms with Crippen LogP contribution >= 0.6 is 46.1 Å². The Bertz CT molecular complexity index is 1630. The van der Waals surface area contributed by atoms with Crippen molar-refractivity contribution in [2.24, 2.45) is 0 Å². The van der Waals surface area contributed by atoms with Gasteiger partial charge in [0.25, 0.3) is 5.91 Å². The number of thiophene rings is 1. The highest BCUT2D eigenvalue weighted by molar-refractivity contribution is 7.13. The number of hydrogen-bond donors (Lipinski definition) is 1. The SMILES string of the molecule is O=C(Nc1nn(Cc2c(F)cccc2Cl)cc1Cl)c1nn2c(C(F)(F)F)cc(-c3cccs3)nc2c1Cl. The van der Waals surface area contributed by atoms with Gasteiger partial charge in [-0.2, -0.15) is 23.4 Å². The number of hydrogen-bond acceptors (Lipinski definition) is 5. The van der Waals surface area contributed by atoms with Crippen molar-refractivity contribution in [1.82, 2.24) is 24.4 Å². The van der Waals surface area contributed by atoms with Gasteiger partial charge in [-0.25, -0.2) is 13.9 Å². The molecule has 0 bridgehead atoms. The van der Waals surface area contributed by atoms with Crippen LogP contribution in [0.5, 0.6) is 0 Å². The minimum atomic E-state index is -4.81. The molecule has 0 aliphatic rings. The van der Waals surface area contributed by atoms with E-state index in [1.165, 1.54) is 40.4 Å². The summed E-state index contributed by atoms with van der Waals surface area (Å²) in [5.74, 6) is -1.68. The highest BCUT2D eigenvalue weighted by atomic mass is 35.5. The number of halogens is 7. The van der Waals surface area contributed by atoms with Crippen LogP contribution in [-0.2, 0) is 12.7 Å². The van der Waals surface area contributed by atoms with Crippen molar-refractivity contribution in [1.29, 1.82) is 0 Å². The van der Waals surface area contributed by atoms with Crippen molar-refractivity contribution >= 4 is 63.5 Å². The lowest BCUT2D eigenvalue weighted by atomic mass is 10.2. The fourth-order valence-corrected chi connectivity index (χ4v) is 4.82. The molecule has 4 aromatic heterocycles. The van der Waals surface area contributed by atoms with Gasteiger partial charge >= 0.3 is 6.18 Å². The first kappa shape index (κ1) is 25.5. The summed E-state index contributed by atoms with van der Waals surface area (Å²) < 4.78 is 57.3. The van der Waals surface area contributed by atoms with E-state index >= 15 is 0 Å². The smallest absolute Gasteiger partial charge is 0.302 e. The van der Waals surface area contributed by atoms with Gasteiger partial charge < -0.3 is 5.32 Å². The van der Waals surface area contributed by atoms with E-state index in [2.05, 4.69) is 20.5 Å². The van der Waals surface area contributed by atoms with E-state index in [1.54, 1.807) is 17.5 Å². The molecule has 5 rings (SSSR count). The maximum absolute atomic E-state index is 14.1. The molecule has 15 heteroatoms. The number of nitrogens with one attached hydrogen (secondary N) is 1. The van der Waals surface area contributed by atoms with Crippen molar-refractivity contribution in [3.8, 4) is 10.6 Å². The Balaban J connectivity index is 1.49. The van der Waals surface area contributed by atoms with Crippen LogP contribution in [0.2, 0.25) is 15.1 Å². The third kappa shape index (κ3) is 4.89. The number of rotatable bonds is 5. The van der Waals surface area contributed by atoms with E-state index in [1.807, 2.05) is 0 Å². The van der Waals surface area contributed by atoms with Crippen LogP contribution in [0.1, 0.15) is 21.7 Å². The average Bonchev–Trinajstić information content (AvgIpc) is 3.56. The van der Waals surface area contributed by atoms with Crippen LogP contribution in [0.15, 0.2) is 48.0 Å². The largest absolute Gasteiger partial charge is 0.433 e. The lowest BCUT2D eigenvalue weighted by Crippen LogP contribution is -2.16. The summed E-state index contributed by atoms with van der Waals surface area (Å²) in [5.41, 5.74) is -1.86. The fourth-order valence-electron chi connectivity index (χ4n) is 3.46. The van der Waals surface area contributed by atoms with Gasteiger partial charge in [-0.15, -0.1) is 11.3 Å². The maximum atomic E-state index is 14.1. The monoisotopic (exact) mass is 588 g/mol. The molecule has 4 heterocycles. The molecular formula is C22H11Cl3F4N6OS. The van der Waals surface area contributed by atoms with Crippen molar-refractivity contribution in [2.45, 2.75) is 12.7 Å². The van der Waals surface area contributed by atoms with E-state index in [-0.39, 0.29) is 39.3 Å². The Labute approximate surface area is 224 Å². The van der Waals surface area contributed by atoms with Crippen LogP contribution in [-0.4, -0.2) is 30.3 Å². The molecule has 0 saturated heterocycles. The van der Waals surface area contributed by atoms with Crippen LogP contribution in [0, 0.1) is 5.82 Å². The number of benzene rings is 1. The Morgan fingerprint density at radius 2 is 1.86 bits per heavy atom. The first-order valence-corrected chi connectivity index (χ1v) is 12.2. The standard InChI is InChI=1S/C22H11Cl3F4N6OS/c23-11-3-1-4-13(26)10(11)8-34-9-12(24)19(33-34)31-21(36)18-17(25)20-30-14(15-5-2-6-37-15)7-16(22(27,28)29)35(20)32-18/h1-7,9H,8H2,(H,31,33,36). The van der Waals surface area contributed by atoms with Crippen molar-refractivity contribution < 1.29 is 22.4 Å². The van der Waals surface area contributed by atoms with Gasteiger partial charge in [-0.1, -0.05) is 46.9 Å². The van der Waals surface area contributed by atoms with Gasteiger partial charge in [0.05, 0.1) is 17.1 Å². The van der Waals surface area contributed by atoms with Crippen LogP contribution in [0.3, 0.4) is 0 Å². The first-order valence-electron chi connectivity index (χ1n) is 10.2. The zero-order chi connectivity index (χ0) is 26.5. The van der Waals surface area contributed by atoms with E-state index in [0.717, 1.165) is 6.07 Å². The molecule has 5 aromatic rings. The topological polar surface area (TPSA) is 77.1 Å². The second-order valence-electron chi connectivity index (χ2n) is 7.58. The lowest BCUT2D eigenvalue weighted by Gasteiger charge is -2.10. The van der Waals surface area contributed by atoms with Gasteiger partial charge in [0.2, 0.25) is 0 Å². The Kier molecular flexibility index (Phi) is 6.61. The highest BCUT2D eigenvalue weighted by Crippen LogP contribution is 2.36. The molecule has 0 aliphatic heterocycles. The summed E-state index contributed by atoms with van der Waals surface area (Å²) in [6.45, 7) is -0.0966. The molecule has 7 nitrogen and oxygen atoms in total. The predicted molar refractivity (Wildman–Crippen MR) is 132 cm³/mol. The first-order chi connectivity index (χ1) is 17.5. The number of aromatic nitrogens is 5. The number of carbonyl (C=O) groups is 1. The average molecular weight is 590 g/mol. The summed E-state index contributed by atoms with van der Waals surface area (Å²) in [7, 11) is 0. The second kappa shape index (κ2) is 9.60. The summed E-state index contributed by atoms with van der Waals surface area (Å²) >= 11 is 19.7. The third-order valence-corrected chi connectivity index (χ3v) is 7.01. The quantitative estimate of drug-likeness (QED) is 0.223. The maximum Gasteiger partial charge on any atom is 0.433 e. The van der Waals surface area contributed by atoms with Gasteiger partial charge in [0.15, 0.2) is 22.9 Å². The van der Waals surface area contributed by atoms with Crippen LogP contribution in [0.4, 0.5) is 23.4 Å². The molecule has 1 aromatic carbocycles. The minimum absolute atomic E-state index is 0.0187. The summed E-state index contributed by atoms with van der Waals surface area (Å²) in [4.78, 5) is 17.6. The van der Waals surface area contributed by atoms with Gasteiger partial charge in [0, 0.05) is 16.8 Å². The summed E-state index contributed by atoms with van der Waals surface area (Å²) in [6, 6.07) is 8.29. The van der Waals surface area contributed by atoms with Crippen LogP contribution < -0.4 is 5.32 Å². The van der Waals surface area contributed by atoms with E-state index in [9.17, 15) is 22.4 Å². The molecule has 0 fully saturated rings. The number of alkyl halides is 3.